The van der Waals surface area contributed by atoms with Gasteiger partial charge in [-0.1, -0.05) is 0 Å². The van der Waals surface area contributed by atoms with E-state index in [1.807, 2.05) is 0 Å². The molecule has 2 aliphatic heterocycles. The van der Waals surface area contributed by atoms with E-state index < -0.39 is 93.8 Å². The Morgan fingerprint density at radius 3 is 1.39 bits per heavy atom. The number of hydrogen-bond donors (Lipinski definition) is 0. The highest BCUT2D eigenvalue weighted by Gasteiger charge is 2.43. The summed E-state index contributed by atoms with van der Waals surface area (Å²) in [7, 11) is 4.64. The van der Waals surface area contributed by atoms with E-state index in [2.05, 4.69) is 0 Å². The van der Waals surface area contributed by atoms with Gasteiger partial charge >= 0.3 is 29.4 Å². The summed E-state index contributed by atoms with van der Waals surface area (Å²) >= 11 is 0. The molecule has 2 aromatic carbocycles. The maximum Gasteiger partial charge on any atom is 0.410 e. The Morgan fingerprint density at radius 1 is 0.694 bits per heavy atom. The minimum absolute atomic E-state index is 0.00535. The normalized spacial score (nSPS) is 18.2. The van der Waals surface area contributed by atoms with Gasteiger partial charge in [0.15, 0.2) is 0 Å². The molecule has 0 N–H and O–H groups in total. The zero-order chi connectivity index (χ0) is 46.1. The van der Waals surface area contributed by atoms with Crippen LogP contribution < -0.4 is 18.9 Å². The second-order valence-corrected chi connectivity index (χ2v) is 15.0. The summed E-state index contributed by atoms with van der Waals surface area (Å²) in [6.45, 7) is 3.18. The smallest absolute Gasteiger partial charge is 0.410 e. The Morgan fingerprint density at radius 2 is 1.08 bits per heavy atom. The molecular weight excluding hydrogens is 826 g/mol. The molecule has 23 nitrogen and oxygen atoms in total. The van der Waals surface area contributed by atoms with Crippen LogP contribution >= 0.6 is 0 Å². The van der Waals surface area contributed by atoms with Gasteiger partial charge in [0.05, 0.1) is 62.5 Å². The number of nitro benzene ring substituents is 2. The molecule has 3 amide bonds. The number of carbonyl (C=O) groups is 7. The predicted molar refractivity (Wildman–Crippen MR) is 210 cm³/mol. The summed E-state index contributed by atoms with van der Waals surface area (Å²) in [5.41, 5.74) is -2.91. The molecule has 0 radical (unpaired) electrons. The Labute approximate surface area is 354 Å². The van der Waals surface area contributed by atoms with E-state index >= 15 is 0 Å². The third-order valence-corrected chi connectivity index (χ3v) is 9.83. The molecule has 62 heavy (non-hydrogen) atoms. The molecule has 0 aromatic heterocycles. The van der Waals surface area contributed by atoms with E-state index in [0.717, 1.165) is 53.2 Å². The Hall–Kier alpha value is -7.07. The lowest BCUT2D eigenvalue weighted by Gasteiger charge is -2.27. The van der Waals surface area contributed by atoms with E-state index in [9.17, 15) is 53.8 Å². The van der Waals surface area contributed by atoms with Gasteiger partial charge in [0, 0.05) is 49.2 Å². The number of ether oxygens (including phenoxy) is 7. The SMILES string of the molecule is COC(=O)C1CC(C=O)CN1C(=O)c1cc([N+](=O)[O-])c(OCCN(CCOc2cc(OC)c(C(=O)N3CC(C=O)CC3C(=O)OC)cc2[N+](=O)[O-])C(=O)OC(C)(C)C)cc1OC. The summed E-state index contributed by atoms with van der Waals surface area (Å²) in [4.78, 5) is 115. The number of benzene rings is 2. The summed E-state index contributed by atoms with van der Waals surface area (Å²) in [6.07, 6.45) is 0.316. The average Bonchev–Trinajstić information content (AvgIpc) is 3.89. The van der Waals surface area contributed by atoms with Crippen LogP contribution in [-0.4, -0.2) is 152 Å². The van der Waals surface area contributed by atoms with Crippen molar-refractivity contribution in [3.05, 3.63) is 55.6 Å². The van der Waals surface area contributed by atoms with Crippen molar-refractivity contribution in [1.29, 1.82) is 0 Å². The minimum atomic E-state index is -1.12. The highest BCUT2D eigenvalue weighted by atomic mass is 16.6. The lowest BCUT2D eigenvalue weighted by molar-refractivity contribution is -0.386. The van der Waals surface area contributed by atoms with Gasteiger partial charge in [-0.25, -0.2) is 14.4 Å². The van der Waals surface area contributed by atoms with Crippen molar-refractivity contribution in [2.45, 2.75) is 51.3 Å². The van der Waals surface area contributed by atoms with Crippen molar-refractivity contribution in [3.63, 3.8) is 0 Å². The molecule has 4 atom stereocenters. The second kappa shape index (κ2) is 20.5. The van der Waals surface area contributed by atoms with Gasteiger partial charge in [0.1, 0.15) is 55.0 Å². The molecule has 4 unspecified atom stereocenters. The second-order valence-electron chi connectivity index (χ2n) is 15.0. The average molecular weight is 874 g/mol. The van der Waals surface area contributed by atoms with Crippen molar-refractivity contribution in [1.82, 2.24) is 14.7 Å². The van der Waals surface area contributed by atoms with Gasteiger partial charge in [0.2, 0.25) is 11.5 Å². The number of nitrogens with zero attached hydrogens (tertiary/aromatic N) is 5. The number of nitro groups is 2. The number of hydrogen-bond acceptors (Lipinski definition) is 18. The van der Waals surface area contributed by atoms with Crippen LogP contribution in [0.4, 0.5) is 16.2 Å². The van der Waals surface area contributed by atoms with Crippen LogP contribution in [0.2, 0.25) is 0 Å². The summed E-state index contributed by atoms with van der Waals surface area (Å²) in [5, 5.41) is 24.5. The summed E-state index contributed by atoms with van der Waals surface area (Å²) < 4.78 is 37.3. The largest absolute Gasteiger partial charge is 0.496 e. The fourth-order valence-electron chi connectivity index (χ4n) is 6.85. The number of carbonyl (C=O) groups excluding carboxylic acids is 7. The van der Waals surface area contributed by atoms with Crippen LogP contribution in [-0.2, 0) is 33.4 Å². The summed E-state index contributed by atoms with van der Waals surface area (Å²) in [5.74, 6) is -5.61. The number of esters is 2. The van der Waals surface area contributed by atoms with Crippen LogP contribution in [0.1, 0.15) is 54.3 Å². The number of amides is 3. The number of aldehydes is 2. The van der Waals surface area contributed by atoms with Gasteiger partial charge in [-0.2, -0.15) is 0 Å². The van der Waals surface area contributed by atoms with E-state index in [0.29, 0.717) is 12.6 Å². The number of likely N-dealkylation sites (tertiary alicyclic amines) is 2. The van der Waals surface area contributed by atoms with Crippen LogP contribution in [0.15, 0.2) is 24.3 Å². The third kappa shape index (κ3) is 11.0. The molecule has 23 heteroatoms. The Kier molecular flexibility index (Phi) is 15.7. The first-order chi connectivity index (χ1) is 29.3. The standard InChI is InChI=1S/C39H47N5O18/c1-39(2,3)62-38(51)40(8-10-60-32-16-30(56-4)24(14-26(32)43(52)53)34(47)41-18-22(20-45)12-28(41)36(49)58-6)9-11-61-33-17-31(57-5)25(15-27(33)44(54)55)35(48)42-19-23(21-46)13-29(42)37(50)59-7/h14-17,20-23,28-29H,8-13,18-19H2,1-7H3. The lowest BCUT2D eigenvalue weighted by Crippen LogP contribution is -2.41. The van der Waals surface area contributed by atoms with E-state index in [4.69, 9.17) is 33.2 Å². The molecule has 4 rings (SSSR count). The first kappa shape index (κ1) is 47.6. The van der Waals surface area contributed by atoms with Gasteiger partial charge in [0.25, 0.3) is 11.8 Å². The van der Waals surface area contributed by atoms with E-state index in [1.165, 1.54) is 14.2 Å². The zero-order valence-corrected chi connectivity index (χ0v) is 35.0. The minimum Gasteiger partial charge on any atom is -0.496 e. The van der Waals surface area contributed by atoms with Gasteiger partial charge in [-0.15, -0.1) is 0 Å². The molecule has 2 fully saturated rings. The molecule has 2 aliphatic rings. The third-order valence-electron chi connectivity index (χ3n) is 9.83. The first-order valence-corrected chi connectivity index (χ1v) is 19.0. The number of rotatable bonds is 18. The monoisotopic (exact) mass is 873 g/mol. The van der Waals surface area contributed by atoms with Gasteiger partial charge in [-0.3, -0.25) is 29.8 Å². The highest BCUT2D eigenvalue weighted by Crippen LogP contribution is 2.39. The maximum atomic E-state index is 13.7. The lowest BCUT2D eigenvalue weighted by atomic mass is 10.1. The molecule has 2 aromatic rings. The quantitative estimate of drug-likeness (QED) is 0.0684. The zero-order valence-electron chi connectivity index (χ0n) is 35.0. The van der Waals surface area contributed by atoms with Crippen molar-refractivity contribution in [2.24, 2.45) is 11.8 Å². The summed E-state index contributed by atoms with van der Waals surface area (Å²) in [6, 6.07) is 1.75. The highest BCUT2D eigenvalue weighted by molar-refractivity contribution is 6.01. The topological polar surface area (TPSA) is 280 Å². The maximum absolute atomic E-state index is 13.7. The molecule has 336 valence electrons. The molecule has 0 saturated carbocycles. The molecule has 0 aliphatic carbocycles. The van der Waals surface area contributed by atoms with Crippen LogP contribution in [0, 0.1) is 32.1 Å². The van der Waals surface area contributed by atoms with Gasteiger partial charge < -0.3 is 57.4 Å². The van der Waals surface area contributed by atoms with Crippen LogP contribution in [0.3, 0.4) is 0 Å². The predicted octanol–water partition coefficient (Wildman–Crippen LogP) is 2.62. The van der Waals surface area contributed by atoms with Crippen LogP contribution in [0.5, 0.6) is 23.0 Å². The van der Waals surface area contributed by atoms with Crippen molar-refractivity contribution < 1.29 is 76.6 Å². The van der Waals surface area contributed by atoms with Crippen molar-refractivity contribution in [3.8, 4) is 23.0 Å². The van der Waals surface area contributed by atoms with Gasteiger partial charge in [-0.05, 0) is 33.6 Å². The molecule has 0 spiro atoms. The first-order valence-electron chi connectivity index (χ1n) is 19.0. The van der Waals surface area contributed by atoms with E-state index in [-0.39, 0.29) is 73.1 Å². The fourth-order valence-corrected chi connectivity index (χ4v) is 6.85. The molecular formula is C39H47N5O18. The molecule has 2 heterocycles. The molecule has 2 saturated heterocycles. The van der Waals surface area contributed by atoms with Crippen molar-refractivity contribution >= 4 is 53.8 Å². The van der Waals surface area contributed by atoms with Crippen LogP contribution in [0.25, 0.3) is 0 Å². The van der Waals surface area contributed by atoms with Crippen molar-refractivity contribution in [2.75, 3.05) is 67.8 Å². The van der Waals surface area contributed by atoms with E-state index in [1.54, 1.807) is 20.8 Å². The Bertz CT molecular complexity index is 1950. The fraction of sp³-hybridized carbons (Fsp3) is 0.513. The Balaban J connectivity index is 1.55. The number of methoxy groups -OCH3 is 4. The molecule has 0 bridgehead atoms.